The summed E-state index contributed by atoms with van der Waals surface area (Å²) in [6, 6.07) is 10.6. The molecule has 0 saturated heterocycles. The normalized spacial score (nSPS) is 11.0. The van der Waals surface area contributed by atoms with Crippen molar-refractivity contribution >= 4 is 29.4 Å². The van der Waals surface area contributed by atoms with Gasteiger partial charge in [0.1, 0.15) is 28.8 Å². The summed E-state index contributed by atoms with van der Waals surface area (Å²) >= 11 is 6.06. The highest BCUT2D eigenvalue weighted by Gasteiger charge is 2.25. The summed E-state index contributed by atoms with van der Waals surface area (Å²) in [7, 11) is 1.32. The number of nitro groups is 1. The van der Waals surface area contributed by atoms with Crippen LogP contribution >= 0.6 is 11.6 Å². The van der Waals surface area contributed by atoms with Crippen molar-refractivity contribution in [2.75, 3.05) is 7.11 Å². The molecule has 0 atom stereocenters. The van der Waals surface area contributed by atoms with Crippen LogP contribution < -0.4 is 5.56 Å². The molecule has 0 aliphatic carbocycles. The predicted molar refractivity (Wildman–Crippen MR) is 112 cm³/mol. The minimum Gasteiger partial charge on any atom is -0.457 e. The number of aryl methyl sites for hydroxylation is 1. The number of rotatable bonds is 6. The molecule has 0 saturated carbocycles. The Morgan fingerprint density at radius 3 is 2.77 bits per heavy atom. The van der Waals surface area contributed by atoms with Crippen molar-refractivity contribution in [3.63, 3.8) is 0 Å². The molecule has 0 radical (unpaired) electrons. The van der Waals surface area contributed by atoms with E-state index in [1.807, 2.05) is 13.0 Å². The molecule has 0 aliphatic rings. The predicted octanol–water partition coefficient (Wildman–Crippen LogP) is 4.69. The number of halogens is 1. The van der Waals surface area contributed by atoms with Gasteiger partial charge in [0.05, 0.1) is 17.1 Å². The Balaban J connectivity index is 2.04. The number of furan rings is 1. The molecule has 0 bridgehead atoms. The van der Waals surface area contributed by atoms with Crippen LogP contribution in [0.25, 0.3) is 23.5 Å². The molecule has 3 rings (SSSR count). The van der Waals surface area contributed by atoms with Gasteiger partial charge >= 0.3 is 0 Å². The highest BCUT2D eigenvalue weighted by molar-refractivity contribution is 6.30. The first-order chi connectivity index (χ1) is 14.3. The zero-order valence-corrected chi connectivity index (χ0v) is 16.8. The van der Waals surface area contributed by atoms with E-state index >= 15 is 0 Å². The van der Waals surface area contributed by atoms with Crippen LogP contribution in [0.4, 0.5) is 5.69 Å². The maximum absolute atomic E-state index is 12.2. The Morgan fingerprint density at radius 1 is 1.33 bits per heavy atom. The van der Waals surface area contributed by atoms with E-state index in [1.54, 1.807) is 30.3 Å². The van der Waals surface area contributed by atoms with Gasteiger partial charge in [0.2, 0.25) is 0 Å². The summed E-state index contributed by atoms with van der Waals surface area (Å²) in [6.45, 7) is 1.68. The van der Waals surface area contributed by atoms with Gasteiger partial charge in [-0.3, -0.25) is 14.9 Å². The van der Waals surface area contributed by atoms with E-state index in [2.05, 4.69) is 4.98 Å². The van der Waals surface area contributed by atoms with Crippen molar-refractivity contribution in [2.24, 2.45) is 0 Å². The Hall–Kier alpha value is -3.67. The lowest BCUT2D eigenvalue weighted by Gasteiger charge is -2.06. The third kappa shape index (κ3) is 4.17. The summed E-state index contributed by atoms with van der Waals surface area (Å²) < 4.78 is 10.7. The maximum atomic E-state index is 12.2. The molecular formula is C21H16ClN3O5. The van der Waals surface area contributed by atoms with Gasteiger partial charge in [0.15, 0.2) is 0 Å². The fourth-order valence-corrected chi connectivity index (χ4v) is 3.18. The second-order valence-corrected chi connectivity index (χ2v) is 6.80. The molecule has 1 aromatic carbocycles. The molecule has 1 N–H and O–H groups in total. The number of nitriles is 1. The van der Waals surface area contributed by atoms with E-state index in [0.717, 1.165) is 11.1 Å². The minimum absolute atomic E-state index is 0.0621. The van der Waals surface area contributed by atoms with Gasteiger partial charge in [-0.05, 0) is 48.9 Å². The standard InChI is InChI=1S/C21H16ClN3O5/c1-12-3-4-13(22)9-15(12)19-8-6-14(30-19)5-7-18-20(25(27)28)17(11-29-2)16(10-23)21(26)24-18/h3-9H,11H2,1-2H3,(H,24,26). The molecular weight excluding hydrogens is 410 g/mol. The molecule has 0 aliphatic heterocycles. The van der Waals surface area contributed by atoms with E-state index in [-0.39, 0.29) is 23.4 Å². The van der Waals surface area contributed by atoms with E-state index in [1.165, 1.54) is 19.3 Å². The Labute approximate surface area is 176 Å². The van der Waals surface area contributed by atoms with Crippen LogP contribution in [0.15, 0.2) is 39.5 Å². The molecule has 0 amide bonds. The monoisotopic (exact) mass is 425 g/mol. The average Bonchev–Trinajstić information content (AvgIpc) is 3.17. The van der Waals surface area contributed by atoms with E-state index in [9.17, 15) is 20.2 Å². The molecule has 0 unspecified atom stereocenters. The molecule has 9 heteroatoms. The number of aromatic amines is 1. The molecule has 3 aromatic rings. The van der Waals surface area contributed by atoms with Crippen molar-refractivity contribution in [1.29, 1.82) is 5.26 Å². The summed E-state index contributed by atoms with van der Waals surface area (Å²) in [6.07, 6.45) is 2.84. The first-order valence-corrected chi connectivity index (χ1v) is 9.10. The molecule has 152 valence electrons. The van der Waals surface area contributed by atoms with Gasteiger partial charge in [-0.15, -0.1) is 0 Å². The van der Waals surface area contributed by atoms with Crippen molar-refractivity contribution in [3.05, 3.63) is 84.0 Å². The number of pyridine rings is 1. The van der Waals surface area contributed by atoms with Gasteiger partial charge < -0.3 is 14.1 Å². The number of hydrogen-bond donors (Lipinski definition) is 1. The third-order valence-corrected chi connectivity index (χ3v) is 4.64. The molecule has 2 aromatic heterocycles. The number of ether oxygens (including phenoxy) is 1. The zero-order chi connectivity index (χ0) is 21.8. The molecule has 2 heterocycles. The number of H-pyrrole nitrogens is 1. The quantitative estimate of drug-likeness (QED) is 0.451. The first-order valence-electron chi connectivity index (χ1n) is 8.72. The lowest BCUT2D eigenvalue weighted by Crippen LogP contribution is -2.18. The zero-order valence-electron chi connectivity index (χ0n) is 16.1. The van der Waals surface area contributed by atoms with Crippen LogP contribution in [0.5, 0.6) is 0 Å². The number of aromatic nitrogens is 1. The van der Waals surface area contributed by atoms with E-state index in [4.69, 9.17) is 20.8 Å². The number of nitrogens with one attached hydrogen (secondary N) is 1. The van der Waals surface area contributed by atoms with Crippen molar-refractivity contribution < 1.29 is 14.1 Å². The van der Waals surface area contributed by atoms with E-state index < -0.39 is 16.2 Å². The number of hydrogen-bond acceptors (Lipinski definition) is 6. The third-order valence-electron chi connectivity index (χ3n) is 4.41. The largest absolute Gasteiger partial charge is 0.457 e. The lowest BCUT2D eigenvalue weighted by atomic mass is 10.1. The van der Waals surface area contributed by atoms with Crippen LogP contribution in [-0.2, 0) is 11.3 Å². The second kappa shape index (κ2) is 8.78. The van der Waals surface area contributed by atoms with E-state index in [0.29, 0.717) is 16.5 Å². The topological polar surface area (TPSA) is 122 Å². The van der Waals surface area contributed by atoms with Crippen LogP contribution in [0, 0.1) is 28.4 Å². The van der Waals surface area contributed by atoms with Crippen LogP contribution in [-0.4, -0.2) is 17.0 Å². The van der Waals surface area contributed by atoms with Gasteiger partial charge in [-0.1, -0.05) is 17.7 Å². The fourth-order valence-electron chi connectivity index (χ4n) is 3.01. The summed E-state index contributed by atoms with van der Waals surface area (Å²) in [5.41, 5.74) is 0.169. The van der Waals surface area contributed by atoms with Gasteiger partial charge in [0.25, 0.3) is 11.2 Å². The highest BCUT2D eigenvalue weighted by atomic mass is 35.5. The number of methoxy groups -OCH3 is 1. The smallest absolute Gasteiger partial charge is 0.299 e. The lowest BCUT2D eigenvalue weighted by molar-refractivity contribution is -0.386. The van der Waals surface area contributed by atoms with Crippen molar-refractivity contribution in [3.8, 4) is 17.4 Å². The molecule has 0 fully saturated rings. The number of benzene rings is 1. The van der Waals surface area contributed by atoms with Crippen molar-refractivity contribution in [2.45, 2.75) is 13.5 Å². The molecule has 0 spiro atoms. The maximum Gasteiger partial charge on any atom is 0.299 e. The Morgan fingerprint density at radius 2 is 2.10 bits per heavy atom. The molecule has 30 heavy (non-hydrogen) atoms. The fraction of sp³-hybridized carbons (Fsp3) is 0.143. The van der Waals surface area contributed by atoms with Crippen LogP contribution in [0.3, 0.4) is 0 Å². The highest BCUT2D eigenvalue weighted by Crippen LogP contribution is 2.30. The minimum atomic E-state index is -0.732. The summed E-state index contributed by atoms with van der Waals surface area (Å²) in [5, 5.41) is 21.4. The summed E-state index contributed by atoms with van der Waals surface area (Å²) in [4.78, 5) is 25.5. The number of nitrogens with zero attached hydrogens (tertiary/aromatic N) is 2. The van der Waals surface area contributed by atoms with Gasteiger partial charge in [-0.2, -0.15) is 5.26 Å². The Bertz CT molecular complexity index is 1250. The molecule has 8 nitrogen and oxygen atoms in total. The first kappa shape index (κ1) is 21.0. The summed E-state index contributed by atoms with van der Waals surface area (Å²) in [5.74, 6) is 0.995. The van der Waals surface area contributed by atoms with Gasteiger partial charge in [0, 0.05) is 17.7 Å². The second-order valence-electron chi connectivity index (χ2n) is 6.37. The van der Waals surface area contributed by atoms with Gasteiger partial charge in [-0.25, -0.2) is 0 Å². The SMILES string of the molecule is COCc1c([N+](=O)[O-])c(C=Cc2ccc(-c3cc(Cl)ccc3C)o2)[nH]c(=O)c1C#N. The average molecular weight is 426 g/mol. The van der Waals surface area contributed by atoms with Crippen LogP contribution in [0.2, 0.25) is 5.02 Å². The Kier molecular flexibility index (Phi) is 6.16. The van der Waals surface area contributed by atoms with Crippen LogP contribution in [0.1, 0.15) is 28.1 Å². The van der Waals surface area contributed by atoms with Crippen molar-refractivity contribution in [1.82, 2.24) is 4.98 Å².